The van der Waals surface area contributed by atoms with Crippen LogP contribution >= 0.6 is 12.6 Å². The van der Waals surface area contributed by atoms with E-state index in [1.54, 1.807) is 0 Å². The first-order valence-electron chi connectivity index (χ1n) is 9.63. The van der Waals surface area contributed by atoms with Crippen LogP contribution in [0.4, 0.5) is 0 Å². The number of nitrogens with one attached hydrogen (secondary N) is 2. The van der Waals surface area contributed by atoms with E-state index in [-0.39, 0.29) is 4.75 Å². The van der Waals surface area contributed by atoms with E-state index in [1.807, 2.05) is 27.7 Å². The number of rotatable bonds is 9. The normalized spacial score (nSPS) is 15.3. The van der Waals surface area contributed by atoms with Gasteiger partial charge in [0.2, 0.25) is 0 Å². The van der Waals surface area contributed by atoms with E-state index in [1.165, 1.54) is 6.42 Å². The van der Waals surface area contributed by atoms with Gasteiger partial charge in [-0.05, 0) is 38.1 Å². The zero-order valence-corrected chi connectivity index (χ0v) is 19.2. The monoisotopic (exact) mass is 348 g/mol. The quantitative estimate of drug-likeness (QED) is 0.460. The lowest BCUT2D eigenvalue weighted by atomic mass is 9.75. The molecule has 0 aliphatic heterocycles. The van der Waals surface area contributed by atoms with Gasteiger partial charge in [0.15, 0.2) is 0 Å². The maximum atomic E-state index is 4.85. The van der Waals surface area contributed by atoms with E-state index in [0.717, 1.165) is 13.0 Å². The molecule has 0 fully saturated rings. The fraction of sp³-hybridized carbons (Fsp3) is 1.00. The van der Waals surface area contributed by atoms with Gasteiger partial charge in [-0.25, -0.2) is 0 Å². The van der Waals surface area contributed by atoms with E-state index < -0.39 is 0 Å². The molecule has 2 atom stereocenters. The van der Waals surface area contributed by atoms with Crippen molar-refractivity contribution in [2.24, 2.45) is 11.3 Å². The Kier molecular flexibility index (Phi) is 17.8. The van der Waals surface area contributed by atoms with E-state index in [9.17, 15) is 0 Å². The van der Waals surface area contributed by atoms with Gasteiger partial charge in [-0.2, -0.15) is 12.6 Å². The Labute approximate surface area is 154 Å². The molecule has 2 N–H and O–H groups in total. The van der Waals surface area contributed by atoms with Gasteiger partial charge in [0.05, 0.1) is 0 Å². The topological polar surface area (TPSA) is 24.1 Å². The molecule has 3 heteroatoms. The molecule has 0 saturated heterocycles. The SMILES string of the molecule is CC.CC.CNC(CC(C)(S)CNC(C)C)CC(C)(C)C(C)C. The summed E-state index contributed by atoms with van der Waals surface area (Å²) in [6.07, 6.45) is 2.28. The van der Waals surface area contributed by atoms with Crippen LogP contribution in [0.5, 0.6) is 0 Å². The van der Waals surface area contributed by atoms with Crippen molar-refractivity contribution >= 4 is 12.6 Å². The zero-order valence-electron chi connectivity index (χ0n) is 18.3. The average molecular weight is 349 g/mol. The first kappa shape index (κ1) is 28.1. The summed E-state index contributed by atoms with van der Waals surface area (Å²) in [6.45, 7) is 24.9. The highest BCUT2D eigenvalue weighted by Gasteiger charge is 2.30. The molecule has 0 saturated carbocycles. The van der Waals surface area contributed by atoms with Gasteiger partial charge >= 0.3 is 0 Å². The lowest BCUT2D eigenvalue weighted by Crippen LogP contribution is -2.43. The molecule has 0 aliphatic carbocycles. The summed E-state index contributed by atoms with van der Waals surface area (Å²) in [4.78, 5) is 0. The van der Waals surface area contributed by atoms with Gasteiger partial charge in [0.25, 0.3) is 0 Å². The molecule has 0 spiro atoms. The van der Waals surface area contributed by atoms with Crippen molar-refractivity contribution in [3.8, 4) is 0 Å². The number of hydrogen-bond acceptors (Lipinski definition) is 3. The van der Waals surface area contributed by atoms with Crippen LogP contribution in [0.25, 0.3) is 0 Å². The predicted octanol–water partition coefficient (Wildman–Crippen LogP) is 5.78. The minimum Gasteiger partial charge on any atom is -0.317 e. The third-order valence-corrected chi connectivity index (χ3v) is 4.66. The first-order valence-corrected chi connectivity index (χ1v) is 10.1. The molecule has 0 bridgehead atoms. The summed E-state index contributed by atoms with van der Waals surface area (Å²) in [7, 11) is 2.07. The van der Waals surface area contributed by atoms with Gasteiger partial charge in [0.1, 0.15) is 0 Å². The second-order valence-corrected chi connectivity index (χ2v) is 8.65. The Morgan fingerprint density at radius 3 is 1.61 bits per heavy atom. The van der Waals surface area contributed by atoms with E-state index >= 15 is 0 Å². The molecule has 0 heterocycles. The van der Waals surface area contributed by atoms with E-state index in [0.29, 0.717) is 23.4 Å². The van der Waals surface area contributed by atoms with Crippen molar-refractivity contribution in [3.05, 3.63) is 0 Å². The molecule has 0 aromatic heterocycles. The summed E-state index contributed by atoms with van der Waals surface area (Å²) in [5.41, 5.74) is 0.364. The van der Waals surface area contributed by atoms with Crippen molar-refractivity contribution in [3.63, 3.8) is 0 Å². The highest BCUT2D eigenvalue weighted by molar-refractivity contribution is 7.81. The summed E-state index contributed by atoms with van der Waals surface area (Å²) in [6, 6.07) is 1.04. The fourth-order valence-electron chi connectivity index (χ4n) is 2.17. The van der Waals surface area contributed by atoms with Gasteiger partial charge in [-0.15, -0.1) is 0 Å². The Morgan fingerprint density at radius 2 is 1.30 bits per heavy atom. The largest absolute Gasteiger partial charge is 0.317 e. The van der Waals surface area contributed by atoms with Gasteiger partial charge in [-0.3, -0.25) is 0 Å². The van der Waals surface area contributed by atoms with Crippen LogP contribution in [0.2, 0.25) is 0 Å². The van der Waals surface area contributed by atoms with E-state index in [2.05, 4.69) is 66.1 Å². The van der Waals surface area contributed by atoms with Crippen LogP contribution in [-0.2, 0) is 0 Å². The van der Waals surface area contributed by atoms with Gasteiger partial charge < -0.3 is 10.6 Å². The molecule has 0 aromatic carbocycles. The highest BCUT2D eigenvalue weighted by atomic mass is 32.1. The van der Waals surface area contributed by atoms with E-state index in [4.69, 9.17) is 12.6 Å². The second kappa shape index (κ2) is 14.6. The van der Waals surface area contributed by atoms with Crippen molar-refractivity contribution in [2.75, 3.05) is 13.6 Å². The summed E-state index contributed by atoms with van der Waals surface area (Å²) < 4.78 is 0.0327. The maximum absolute atomic E-state index is 4.85. The molecule has 0 radical (unpaired) electrons. The van der Waals surface area contributed by atoms with Crippen molar-refractivity contribution in [1.29, 1.82) is 0 Å². The minimum absolute atomic E-state index is 0.0327. The Morgan fingerprint density at radius 1 is 0.870 bits per heavy atom. The highest BCUT2D eigenvalue weighted by Crippen LogP contribution is 2.34. The molecule has 23 heavy (non-hydrogen) atoms. The summed E-state index contributed by atoms with van der Waals surface area (Å²) in [5, 5.41) is 6.98. The average Bonchev–Trinajstić information content (AvgIpc) is 2.48. The van der Waals surface area contributed by atoms with Crippen LogP contribution < -0.4 is 10.6 Å². The van der Waals surface area contributed by atoms with Crippen LogP contribution in [-0.4, -0.2) is 30.4 Å². The van der Waals surface area contributed by atoms with Crippen LogP contribution in [0.3, 0.4) is 0 Å². The molecule has 0 rings (SSSR count). The molecule has 0 aromatic rings. The lowest BCUT2D eigenvalue weighted by Gasteiger charge is -2.37. The second-order valence-electron chi connectivity index (χ2n) is 7.57. The molecule has 144 valence electrons. The standard InChI is InChI=1S/C16H36N2S.2C2H6/c1-12(2)15(5,6)9-14(17-8)10-16(7,19)11-18-13(3)4;2*1-2/h12-14,17-19H,9-11H2,1-8H3;2*1-2H3. The molecule has 0 aliphatic rings. The minimum atomic E-state index is 0.0327. The Bertz CT molecular complexity index is 248. The van der Waals surface area contributed by atoms with Crippen LogP contribution in [0.15, 0.2) is 0 Å². The summed E-state index contributed by atoms with van der Waals surface area (Å²) in [5.74, 6) is 0.698. The van der Waals surface area contributed by atoms with Crippen molar-refractivity contribution in [1.82, 2.24) is 10.6 Å². The van der Waals surface area contributed by atoms with Crippen molar-refractivity contribution in [2.45, 2.75) is 106 Å². The zero-order chi connectivity index (χ0) is 19.3. The maximum Gasteiger partial charge on any atom is 0.0241 e. The first-order chi connectivity index (χ1) is 10.5. The summed E-state index contributed by atoms with van der Waals surface area (Å²) >= 11 is 4.85. The molecule has 0 amide bonds. The predicted molar refractivity (Wildman–Crippen MR) is 114 cm³/mol. The van der Waals surface area contributed by atoms with Gasteiger partial charge in [-0.1, -0.05) is 69.2 Å². The number of thiol groups is 1. The number of hydrogen-bond donors (Lipinski definition) is 3. The van der Waals surface area contributed by atoms with Crippen LogP contribution in [0.1, 0.15) is 89.0 Å². The molecule has 2 nitrogen and oxygen atoms in total. The Hall–Kier alpha value is 0.270. The lowest BCUT2D eigenvalue weighted by molar-refractivity contribution is 0.193. The third kappa shape index (κ3) is 15.5. The molecular formula is C20H48N2S. The smallest absolute Gasteiger partial charge is 0.0241 e. The van der Waals surface area contributed by atoms with Crippen molar-refractivity contribution < 1.29 is 0 Å². The Balaban J connectivity index is -0.000000919. The molecule has 2 unspecified atom stereocenters. The van der Waals surface area contributed by atoms with Crippen LogP contribution in [0, 0.1) is 11.3 Å². The van der Waals surface area contributed by atoms with Gasteiger partial charge in [0, 0.05) is 23.4 Å². The fourth-order valence-corrected chi connectivity index (χ4v) is 2.49. The molecular weight excluding hydrogens is 300 g/mol. The third-order valence-electron chi connectivity index (χ3n) is 4.32.